The number of nitrogens with zero attached hydrogens (tertiary/aromatic N) is 1. The van der Waals surface area contributed by atoms with Crippen molar-refractivity contribution in [1.29, 1.82) is 0 Å². The Bertz CT molecular complexity index is 687. The van der Waals surface area contributed by atoms with Gasteiger partial charge in [0.05, 0.1) is 7.11 Å². The van der Waals surface area contributed by atoms with E-state index < -0.39 is 5.97 Å². The Morgan fingerprint density at radius 1 is 1.25 bits per heavy atom. The van der Waals surface area contributed by atoms with Crippen molar-refractivity contribution in [1.82, 2.24) is 10.2 Å². The van der Waals surface area contributed by atoms with E-state index in [2.05, 4.69) is 10.2 Å². The highest BCUT2D eigenvalue weighted by molar-refractivity contribution is 5.96. The van der Waals surface area contributed by atoms with Crippen LogP contribution < -0.4 is 4.74 Å². The molecule has 2 rings (SSSR count). The summed E-state index contributed by atoms with van der Waals surface area (Å²) in [6, 6.07) is 1.92. The maximum Gasteiger partial charge on any atom is 0.339 e. The van der Waals surface area contributed by atoms with Crippen LogP contribution in [0.25, 0.3) is 11.3 Å². The predicted octanol–water partition coefficient (Wildman–Crippen LogP) is 3.02. The van der Waals surface area contributed by atoms with E-state index >= 15 is 0 Å². The molecule has 1 heterocycles. The Morgan fingerprint density at radius 3 is 2.45 bits per heavy atom. The van der Waals surface area contributed by atoms with Crippen LogP contribution in [0.3, 0.4) is 0 Å². The number of benzene rings is 1. The van der Waals surface area contributed by atoms with Crippen molar-refractivity contribution >= 4 is 5.97 Å². The first-order valence-corrected chi connectivity index (χ1v) is 6.31. The van der Waals surface area contributed by atoms with E-state index in [1.807, 2.05) is 26.8 Å². The number of aromatic carboxylic acids is 1. The van der Waals surface area contributed by atoms with E-state index in [4.69, 9.17) is 4.74 Å². The summed E-state index contributed by atoms with van der Waals surface area (Å²) in [6.45, 7) is 7.56. The molecule has 0 atom stereocenters. The molecule has 0 saturated carbocycles. The first-order chi connectivity index (χ1) is 9.38. The highest BCUT2D eigenvalue weighted by Crippen LogP contribution is 2.35. The quantitative estimate of drug-likeness (QED) is 0.902. The lowest BCUT2D eigenvalue weighted by atomic mass is 9.94. The average Bonchev–Trinajstić information content (AvgIpc) is 2.76. The molecule has 0 saturated heterocycles. The van der Waals surface area contributed by atoms with Crippen LogP contribution in [-0.4, -0.2) is 28.4 Å². The average molecular weight is 274 g/mol. The lowest BCUT2D eigenvalue weighted by Gasteiger charge is -2.15. The molecule has 2 aromatic rings. The van der Waals surface area contributed by atoms with Gasteiger partial charge in [-0.1, -0.05) is 0 Å². The number of hydrogen-bond acceptors (Lipinski definition) is 3. The van der Waals surface area contributed by atoms with E-state index in [-0.39, 0.29) is 5.56 Å². The summed E-state index contributed by atoms with van der Waals surface area (Å²) < 4.78 is 5.39. The summed E-state index contributed by atoms with van der Waals surface area (Å²) in [7, 11) is 1.63. The van der Waals surface area contributed by atoms with Gasteiger partial charge in [0.2, 0.25) is 0 Å². The smallest absolute Gasteiger partial charge is 0.339 e. The third kappa shape index (κ3) is 2.05. The molecule has 0 unspecified atom stereocenters. The van der Waals surface area contributed by atoms with Gasteiger partial charge in [-0.25, -0.2) is 4.79 Å². The highest BCUT2D eigenvalue weighted by atomic mass is 16.5. The lowest BCUT2D eigenvalue weighted by molar-refractivity contribution is 0.0697. The second kappa shape index (κ2) is 5.00. The van der Waals surface area contributed by atoms with Gasteiger partial charge in [-0.2, -0.15) is 5.10 Å². The van der Waals surface area contributed by atoms with Crippen LogP contribution in [0.5, 0.6) is 5.75 Å². The predicted molar refractivity (Wildman–Crippen MR) is 76.5 cm³/mol. The van der Waals surface area contributed by atoms with Crippen LogP contribution in [0.2, 0.25) is 0 Å². The largest absolute Gasteiger partial charge is 0.496 e. The number of hydrogen-bond donors (Lipinski definition) is 2. The number of methoxy groups -OCH3 is 1. The van der Waals surface area contributed by atoms with Gasteiger partial charge in [0, 0.05) is 11.3 Å². The number of carboxylic acid groups (broad SMARTS) is 1. The van der Waals surface area contributed by atoms with Crippen LogP contribution in [0.1, 0.15) is 32.7 Å². The molecule has 0 amide bonds. The molecular formula is C15H18N2O3. The normalized spacial score (nSPS) is 10.7. The van der Waals surface area contributed by atoms with E-state index in [1.165, 1.54) is 0 Å². The molecule has 0 aliphatic rings. The van der Waals surface area contributed by atoms with Crippen molar-refractivity contribution < 1.29 is 14.6 Å². The SMILES string of the molecule is COc1c(C)cc(-c2n[nH]c(C)c2C(=O)O)c(C)c1C. The molecule has 0 fully saturated rings. The fraction of sp³-hybridized carbons (Fsp3) is 0.333. The lowest BCUT2D eigenvalue weighted by Crippen LogP contribution is -2.02. The zero-order chi connectivity index (χ0) is 15.0. The second-order valence-electron chi connectivity index (χ2n) is 4.90. The summed E-state index contributed by atoms with van der Waals surface area (Å²) >= 11 is 0. The first-order valence-electron chi connectivity index (χ1n) is 6.31. The van der Waals surface area contributed by atoms with Crippen LogP contribution in [0.15, 0.2) is 6.07 Å². The van der Waals surface area contributed by atoms with Gasteiger partial charge in [-0.3, -0.25) is 5.10 Å². The summed E-state index contributed by atoms with van der Waals surface area (Å²) in [6.07, 6.45) is 0. The summed E-state index contributed by atoms with van der Waals surface area (Å²) in [5.74, 6) is -0.146. The first kappa shape index (κ1) is 14.1. The van der Waals surface area contributed by atoms with Crippen LogP contribution in [-0.2, 0) is 0 Å². The molecule has 0 radical (unpaired) electrons. The molecule has 106 valence electrons. The number of nitrogens with one attached hydrogen (secondary N) is 1. The number of ether oxygens (including phenoxy) is 1. The minimum Gasteiger partial charge on any atom is -0.496 e. The van der Waals surface area contributed by atoms with Gasteiger partial charge in [-0.05, 0) is 50.5 Å². The van der Waals surface area contributed by atoms with E-state index in [9.17, 15) is 9.90 Å². The summed E-state index contributed by atoms with van der Waals surface area (Å²) in [5.41, 5.74) is 5.00. The molecule has 0 aliphatic heterocycles. The maximum atomic E-state index is 11.4. The summed E-state index contributed by atoms with van der Waals surface area (Å²) in [5, 5.41) is 16.3. The van der Waals surface area contributed by atoms with Gasteiger partial charge in [-0.15, -0.1) is 0 Å². The third-order valence-corrected chi connectivity index (χ3v) is 3.65. The molecular weight excluding hydrogens is 256 g/mol. The monoisotopic (exact) mass is 274 g/mol. The van der Waals surface area contributed by atoms with Crippen molar-refractivity contribution in [2.45, 2.75) is 27.7 Å². The molecule has 0 bridgehead atoms. The molecule has 0 spiro atoms. The molecule has 1 aromatic carbocycles. The summed E-state index contributed by atoms with van der Waals surface area (Å²) in [4.78, 5) is 11.4. The van der Waals surface area contributed by atoms with Gasteiger partial charge in [0.1, 0.15) is 17.0 Å². The molecule has 20 heavy (non-hydrogen) atoms. The molecule has 5 heteroatoms. The molecule has 1 aromatic heterocycles. The van der Waals surface area contributed by atoms with Crippen molar-refractivity contribution in [2.75, 3.05) is 7.11 Å². The number of rotatable bonds is 3. The second-order valence-corrected chi connectivity index (χ2v) is 4.90. The minimum absolute atomic E-state index is 0.220. The van der Waals surface area contributed by atoms with Crippen molar-refractivity contribution in [2.24, 2.45) is 0 Å². The van der Waals surface area contributed by atoms with Crippen molar-refractivity contribution in [3.8, 4) is 17.0 Å². The van der Waals surface area contributed by atoms with Gasteiger partial charge < -0.3 is 9.84 Å². The van der Waals surface area contributed by atoms with Crippen molar-refractivity contribution in [3.05, 3.63) is 34.0 Å². The number of aromatic amines is 1. The number of carbonyl (C=O) groups is 1. The Balaban J connectivity index is 2.75. The van der Waals surface area contributed by atoms with Crippen LogP contribution >= 0.6 is 0 Å². The van der Waals surface area contributed by atoms with Gasteiger partial charge in [0.15, 0.2) is 0 Å². The van der Waals surface area contributed by atoms with E-state index in [0.29, 0.717) is 11.4 Å². The number of aryl methyl sites for hydroxylation is 2. The standard InChI is InChI=1S/C15H18N2O3/c1-7-6-11(8(2)9(3)14(7)20-5)13-12(15(18)19)10(4)16-17-13/h6H,1-5H3,(H,16,17)(H,18,19). The minimum atomic E-state index is -0.975. The number of aromatic nitrogens is 2. The topological polar surface area (TPSA) is 75.2 Å². The van der Waals surface area contributed by atoms with Crippen LogP contribution in [0.4, 0.5) is 0 Å². The van der Waals surface area contributed by atoms with Crippen molar-refractivity contribution in [3.63, 3.8) is 0 Å². The maximum absolute atomic E-state index is 11.4. The van der Waals surface area contributed by atoms with E-state index in [0.717, 1.165) is 28.0 Å². The Kier molecular flexibility index (Phi) is 3.53. The Labute approximate surface area is 117 Å². The Morgan fingerprint density at radius 2 is 1.90 bits per heavy atom. The zero-order valence-corrected chi connectivity index (χ0v) is 12.3. The fourth-order valence-corrected chi connectivity index (χ4v) is 2.50. The van der Waals surface area contributed by atoms with Gasteiger partial charge in [0.25, 0.3) is 0 Å². The molecule has 0 aliphatic carbocycles. The highest BCUT2D eigenvalue weighted by Gasteiger charge is 2.22. The van der Waals surface area contributed by atoms with Gasteiger partial charge >= 0.3 is 5.97 Å². The fourth-order valence-electron chi connectivity index (χ4n) is 2.50. The molecule has 5 nitrogen and oxygen atoms in total. The molecule has 2 N–H and O–H groups in total. The third-order valence-electron chi connectivity index (χ3n) is 3.65. The number of carboxylic acids is 1. The van der Waals surface area contributed by atoms with Crippen LogP contribution in [0, 0.1) is 27.7 Å². The number of H-pyrrole nitrogens is 1. The zero-order valence-electron chi connectivity index (χ0n) is 12.3. The Hall–Kier alpha value is -2.30. The van der Waals surface area contributed by atoms with E-state index in [1.54, 1.807) is 14.0 Å².